The molecule has 2 aromatic rings. The van der Waals surface area contributed by atoms with Crippen molar-refractivity contribution in [3.05, 3.63) is 12.7 Å². The van der Waals surface area contributed by atoms with Gasteiger partial charge in [0.15, 0.2) is 11.5 Å². The van der Waals surface area contributed by atoms with Gasteiger partial charge in [-0.2, -0.15) is 0 Å². The number of likely N-dealkylation sites (N-methyl/N-ethyl adjacent to an activating group) is 1. The van der Waals surface area contributed by atoms with E-state index in [2.05, 4.69) is 37.1 Å². The van der Waals surface area contributed by atoms with Gasteiger partial charge in [0.2, 0.25) is 0 Å². The van der Waals surface area contributed by atoms with E-state index in [4.69, 9.17) is 0 Å². The minimum Gasteiger partial charge on any atom is -0.351 e. The van der Waals surface area contributed by atoms with Gasteiger partial charge in [0.1, 0.15) is 11.8 Å². The van der Waals surface area contributed by atoms with Crippen molar-refractivity contribution in [2.24, 2.45) is 0 Å². The minimum absolute atomic E-state index is 0.505. The van der Waals surface area contributed by atoms with Gasteiger partial charge in [-0.05, 0) is 26.3 Å². The molecule has 0 radical (unpaired) electrons. The largest absolute Gasteiger partial charge is 0.351 e. The first-order valence-electron chi connectivity index (χ1n) is 6.51. The zero-order valence-corrected chi connectivity index (χ0v) is 10.6. The molecule has 1 aliphatic rings. The van der Waals surface area contributed by atoms with E-state index < -0.39 is 0 Å². The smallest absolute Gasteiger partial charge is 0.182 e. The van der Waals surface area contributed by atoms with Crippen LogP contribution >= 0.6 is 0 Å². The summed E-state index contributed by atoms with van der Waals surface area (Å²) >= 11 is 0. The number of rotatable bonds is 3. The van der Waals surface area contributed by atoms with Crippen LogP contribution in [0.2, 0.25) is 0 Å². The van der Waals surface area contributed by atoms with Crippen molar-refractivity contribution in [2.45, 2.75) is 25.8 Å². The van der Waals surface area contributed by atoms with E-state index >= 15 is 0 Å². The third kappa shape index (κ3) is 1.92. The summed E-state index contributed by atoms with van der Waals surface area (Å²) in [6.45, 7) is 5.25. The maximum Gasteiger partial charge on any atom is 0.182 e. The van der Waals surface area contributed by atoms with Crippen molar-refractivity contribution in [2.75, 3.05) is 24.5 Å². The van der Waals surface area contributed by atoms with Crippen LogP contribution in [0.15, 0.2) is 12.7 Å². The van der Waals surface area contributed by atoms with E-state index in [1.54, 1.807) is 12.7 Å². The van der Waals surface area contributed by atoms with Crippen molar-refractivity contribution in [1.29, 1.82) is 0 Å². The lowest BCUT2D eigenvalue weighted by atomic mass is 10.1. The highest BCUT2D eigenvalue weighted by Gasteiger charge is 2.23. The summed E-state index contributed by atoms with van der Waals surface area (Å²) in [5.41, 5.74) is 1.67. The van der Waals surface area contributed by atoms with Gasteiger partial charge in [-0.15, -0.1) is 0 Å². The van der Waals surface area contributed by atoms with Crippen molar-refractivity contribution in [1.82, 2.24) is 25.3 Å². The summed E-state index contributed by atoms with van der Waals surface area (Å²) in [7, 11) is 0. The number of anilines is 1. The third-order valence-corrected chi connectivity index (χ3v) is 3.53. The van der Waals surface area contributed by atoms with Gasteiger partial charge in [-0.25, -0.2) is 15.0 Å². The molecule has 96 valence electrons. The van der Waals surface area contributed by atoms with Crippen LogP contribution in [0.25, 0.3) is 11.2 Å². The Hall–Kier alpha value is -1.69. The molecule has 0 saturated carbocycles. The van der Waals surface area contributed by atoms with Crippen LogP contribution in [0, 0.1) is 0 Å². The Labute approximate surface area is 106 Å². The number of hydrogen-bond acceptors (Lipinski definition) is 5. The molecule has 1 aliphatic heterocycles. The molecule has 0 bridgehead atoms. The number of aromatic amines is 1. The average Bonchev–Trinajstić information content (AvgIpc) is 2.90. The molecule has 1 unspecified atom stereocenters. The maximum absolute atomic E-state index is 4.44. The van der Waals surface area contributed by atoms with Crippen molar-refractivity contribution in [3.8, 4) is 0 Å². The maximum atomic E-state index is 4.44. The first-order chi connectivity index (χ1) is 8.90. The lowest BCUT2D eigenvalue weighted by molar-refractivity contribution is 0.434. The van der Waals surface area contributed by atoms with E-state index in [1.807, 2.05) is 0 Å². The molecule has 2 aromatic heterocycles. The fourth-order valence-electron chi connectivity index (χ4n) is 2.65. The quantitative estimate of drug-likeness (QED) is 0.843. The van der Waals surface area contributed by atoms with E-state index in [0.717, 1.165) is 36.6 Å². The van der Waals surface area contributed by atoms with Crippen molar-refractivity contribution in [3.63, 3.8) is 0 Å². The molecule has 1 saturated heterocycles. The molecule has 0 aromatic carbocycles. The van der Waals surface area contributed by atoms with Gasteiger partial charge in [0.05, 0.1) is 6.33 Å². The topological polar surface area (TPSA) is 69.7 Å². The molecule has 6 heteroatoms. The molecule has 1 fully saturated rings. The highest BCUT2D eigenvalue weighted by atomic mass is 15.2. The van der Waals surface area contributed by atoms with Crippen LogP contribution in [0.1, 0.15) is 19.8 Å². The van der Waals surface area contributed by atoms with Gasteiger partial charge in [-0.1, -0.05) is 0 Å². The van der Waals surface area contributed by atoms with Gasteiger partial charge >= 0.3 is 0 Å². The highest BCUT2D eigenvalue weighted by molar-refractivity contribution is 5.82. The SMILES string of the molecule is CCN(c1ncnc2nc[nH]c12)C1CCCNC1. The summed E-state index contributed by atoms with van der Waals surface area (Å²) in [6, 6.07) is 0.505. The molecule has 18 heavy (non-hydrogen) atoms. The highest BCUT2D eigenvalue weighted by Crippen LogP contribution is 2.23. The second-order valence-corrected chi connectivity index (χ2v) is 4.58. The summed E-state index contributed by atoms with van der Waals surface area (Å²) in [4.78, 5) is 18.3. The first kappa shape index (κ1) is 11.4. The standard InChI is InChI=1S/C12H18N6/c1-2-18(9-4-3-5-13-6-9)12-10-11(15-7-14-10)16-8-17-12/h7-9,13H,2-6H2,1H3,(H,14,15,16,17). The predicted molar refractivity (Wildman–Crippen MR) is 70.6 cm³/mol. The lowest BCUT2D eigenvalue weighted by Crippen LogP contribution is -2.46. The zero-order valence-electron chi connectivity index (χ0n) is 10.6. The number of aromatic nitrogens is 4. The van der Waals surface area contributed by atoms with Crippen LogP contribution in [0.4, 0.5) is 5.82 Å². The number of imidazole rings is 1. The zero-order chi connectivity index (χ0) is 12.4. The third-order valence-electron chi connectivity index (χ3n) is 3.53. The number of piperidine rings is 1. The van der Waals surface area contributed by atoms with Gasteiger partial charge in [-0.3, -0.25) is 0 Å². The summed E-state index contributed by atoms with van der Waals surface area (Å²) in [5.74, 6) is 0.966. The Morgan fingerprint density at radius 2 is 2.33 bits per heavy atom. The molecule has 3 heterocycles. The van der Waals surface area contributed by atoms with Crippen LogP contribution < -0.4 is 10.2 Å². The lowest BCUT2D eigenvalue weighted by Gasteiger charge is -2.34. The van der Waals surface area contributed by atoms with Crippen molar-refractivity contribution >= 4 is 17.0 Å². The molecular formula is C12H18N6. The molecular weight excluding hydrogens is 228 g/mol. The number of fused-ring (bicyclic) bond motifs is 1. The van der Waals surface area contributed by atoms with E-state index in [0.29, 0.717) is 6.04 Å². The number of H-pyrrole nitrogens is 1. The summed E-state index contributed by atoms with van der Waals surface area (Å²) < 4.78 is 0. The first-order valence-corrected chi connectivity index (χ1v) is 6.51. The molecule has 0 aliphatic carbocycles. The van der Waals surface area contributed by atoms with Crippen LogP contribution in [0.3, 0.4) is 0 Å². The number of hydrogen-bond donors (Lipinski definition) is 2. The van der Waals surface area contributed by atoms with Gasteiger partial charge < -0.3 is 15.2 Å². The Balaban J connectivity index is 1.97. The molecule has 0 amide bonds. The molecule has 3 rings (SSSR count). The Morgan fingerprint density at radius 3 is 3.11 bits per heavy atom. The summed E-state index contributed by atoms with van der Waals surface area (Å²) in [6.07, 6.45) is 5.70. The molecule has 0 spiro atoms. The van der Waals surface area contributed by atoms with Gasteiger partial charge in [0, 0.05) is 19.1 Å². The van der Waals surface area contributed by atoms with Gasteiger partial charge in [0.25, 0.3) is 0 Å². The predicted octanol–water partition coefficient (Wildman–Crippen LogP) is 0.931. The minimum atomic E-state index is 0.505. The normalized spacial score (nSPS) is 20.2. The Bertz CT molecular complexity index is 516. The number of nitrogens with zero attached hydrogens (tertiary/aromatic N) is 4. The second kappa shape index (κ2) is 4.89. The van der Waals surface area contributed by atoms with Crippen LogP contribution in [-0.4, -0.2) is 45.6 Å². The molecule has 2 N–H and O–H groups in total. The van der Waals surface area contributed by atoms with Crippen LogP contribution in [-0.2, 0) is 0 Å². The van der Waals surface area contributed by atoms with Crippen molar-refractivity contribution < 1.29 is 0 Å². The second-order valence-electron chi connectivity index (χ2n) is 4.58. The fourth-order valence-corrected chi connectivity index (χ4v) is 2.65. The number of nitrogens with one attached hydrogen (secondary N) is 2. The van der Waals surface area contributed by atoms with Crippen LogP contribution in [0.5, 0.6) is 0 Å². The van der Waals surface area contributed by atoms with E-state index in [9.17, 15) is 0 Å². The van der Waals surface area contributed by atoms with E-state index in [-0.39, 0.29) is 0 Å². The molecule has 1 atom stereocenters. The Kier molecular flexibility index (Phi) is 3.10. The van der Waals surface area contributed by atoms with E-state index in [1.165, 1.54) is 12.8 Å². The average molecular weight is 246 g/mol. The fraction of sp³-hybridized carbons (Fsp3) is 0.583. The molecule has 6 nitrogen and oxygen atoms in total. The Morgan fingerprint density at radius 1 is 1.39 bits per heavy atom. The monoisotopic (exact) mass is 246 g/mol. The summed E-state index contributed by atoms with van der Waals surface area (Å²) in [5, 5.41) is 3.45.